The van der Waals surface area contributed by atoms with Crippen molar-refractivity contribution in [2.24, 2.45) is 0 Å². The highest BCUT2D eigenvalue weighted by Gasteiger charge is 2.13. The van der Waals surface area contributed by atoms with Crippen LogP contribution in [0.1, 0.15) is 41.8 Å². The smallest absolute Gasteiger partial charge is 0.127 e. The molecule has 114 valence electrons. The summed E-state index contributed by atoms with van der Waals surface area (Å²) in [4.78, 5) is 5.24. The van der Waals surface area contributed by atoms with Crippen LogP contribution in [-0.4, -0.2) is 11.5 Å². The molecule has 2 aromatic rings. The largest absolute Gasteiger partial charge is 0.488 e. The average Bonchev–Trinajstić information content (AvgIpc) is 2.88. The van der Waals surface area contributed by atoms with Gasteiger partial charge in [-0.15, -0.1) is 11.3 Å². The second-order valence-corrected chi connectivity index (χ2v) is 6.31. The molecular weight excluding hydrogens is 287 g/mol. The Morgan fingerprint density at radius 2 is 2.24 bits per heavy atom. The van der Waals surface area contributed by atoms with Crippen LogP contribution in [0.3, 0.4) is 0 Å². The molecule has 0 saturated heterocycles. The lowest BCUT2D eigenvalue weighted by Gasteiger charge is -2.18. The van der Waals surface area contributed by atoms with Crippen molar-refractivity contribution in [2.75, 3.05) is 6.54 Å². The number of benzene rings is 1. The highest BCUT2D eigenvalue weighted by atomic mass is 32.1. The average molecular weight is 308 g/mol. The Bertz CT molecular complexity index is 585. The zero-order valence-electron chi connectivity index (χ0n) is 12.6. The van der Waals surface area contributed by atoms with Crippen LogP contribution in [0.25, 0.3) is 0 Å². The van der Waals surface area contributed by atoms with Gasteiger partial charge in [-0.3, -0.25) is 0 Å². The molecule has 0 amide bonds. The molecule has 0 aliphatic heterocycles. The lowest BCUT2D eigenvalue weighted by Crippen LogP contribution is -2.20. The number of ether oxygens (including phenoxy) is 1. The summed E-state index contributed by atoms with van der Waals surface area (Å²) in [5, 5.41) is 4.40. The van der Waals surface area contributed by atoms with Crippen molar-refractivity contribution in [3.05, 3.63) is 45.7 Å². The topological polar surface area (TPSA) is 34.1 Å². The van der Waals surface area contributed by atoms with Crippen LogP contribution >= 0.6 is 11.3 Å². The van der Waals surface area contributed by atoms with E-state index in [1.165, 1.54) is 12.1 Å². The molecule has 21 heavy (non-hydrogen) atoms. The summed E-state index contributed by atoms with van der Waals surface area (Å²) >= 11 is 1.59. The van der Waals surface area contributed by atoms with Gasteiger partial charge >= 0.3 is 0 Å². The van der Waals surface area contributed by atoms with Crippen molar-refractivity contribution in [2.45, 2.75) is 39.8 Å². The summed E-state index contributed by atoms with van der Waals surface area (Å²) in [6.07, 6.45) is 2.86. The minimum atomic E-state index is -0.281. The lowest BCUT2D eigenvalue weighted by molar-refractivity contribution is 0.301. The first-order valence-corrected chi connectivity index (χ1v) is 7.98. The molecule has 1 aromatic heterocycles. The van der Waals surface area contributed by atoms with E-state index in [-0.39, 0.29) is 11.9 Å². The molecule has 0 fully saturated rings. The number of halogens is 1. The molecule has 5 heteroatoms. The van der Waals surface area contributed by atoms with Crippen molar-refractivity contribution < 1.29 is 9.13 Å². The molecule has 0 aliphatic rings. The van der Waals surface area contributed by atoms with E-state index < -0.39 is 0 Å². The quantitative estimate of drug-likeness (QED) is 0.831. The molecule has 1 atom stereocenters. The number of nitrogens with one attached hydrogen (secondary N) is 1. The summed E-state index contributed by atoms with van der Waals surface area (Å²) in [5.74, 6) is 0.314. The Morgan fingerprint density at radius 1 is 1.43 bits per heavy atom. The third-order valence-corrected chi connectivity index (χ3v) is 4.07. The van der Waals surface area contributed by atoms with E-state index >= 15 is 0 Å². The van der Waals surface area contributed by atoms with Gasteiger partial charge in [-0.1, -0.05) is 13.0 Å². The Balaban J connectivity index is 2.10. The van der Waals surface area contributed by atoms with Gasteiger partial charge in [0, 0.05) is 23.9 Å². The van der Waals surface area contributed by atoms with Gasteiger partial charge in [0.05, 0.1) is 9.88 Å². The van der Waals surface area contributed by atoms with Crippen LogP contribution in [0, 0.1) is 12.7 Å². The van der Waals surface area contributed by atoms with Gasteiger partial charge in [0.1, 0.15) is 18.2 Å². The third kappa shape index (κ3) is 4.51. The van der Waals surface area contributed by atoms with E-state index in [2.05, 4.69) is 24.1 Å². The Morgan fingerprint density at radius 3 is 2.90 bits per heavy atom. The summed E-state index contributed by atoms with van der Waals surface area (Å²) < 4.78 is 19.3. The number of hydrogen-bond donors (Lipinski definition) is 1. The first-order chi connectivity index (χ1) is 10.1. The highest BCUT2D eigenvalue weighted by Crippen LogP contribution is 2.27. The predicted molar refractivity (Wildman–Crippen MR) is 84.3 cm³/mol. The van der Waals surface area contributed by atoms with Crippen LogP contribution in [0.2, 0.25) is 0 Å². The summed E-state index contributed by atoms with van der Waals surface area (Å²) in [5.41, 5.74) is 0.978. The second kappa shape index (κ2) is 7.52. The fourth-order valence-corrected chi connectivity index (χ4v) is 2.79. The Hall–Kier alpha value is -1.46. The molecule has 0 saturated carbocycles. The SMILES string of the molecule is CCCNC(C)c1ccc(F)cc1OCc1cnc(C)s1. The standard InChI is InChI=1S/C16H21FN2OS/c1-4-7-18-11(2)15-6-5-13(17)8-16(15)20-10-14-9-19-12(3)21-14/h5-6,8-9,11,18H,4,7,10H2,1-3H3. The Labute approximate surface area is 129 Å². The molecule has 1 aromatic carbocycles. The number of thiazole rings is 1. The van der Waals surface area contributed by atoms with Gasteiger partial charge in [-0.2, -0.15) is 0 Å². The van der Waals surface area contributed by atoms with E-state index in [9.17, 15) is 4.39 Å². The first kappa shape index (κ1) is 15.9. The fraction of sp³-hybridized carbons (Fsp3) is 0.438. The van der Waals surface area contributed by atoms with E-state index in [0.717, 1.165) is 28.4 Å². The van der Waals surface area contributed by atoms with E-state index in [0.29, 0.717) is 12.4 Å². The van der Waals surface area contributed by atoms with Crippen LogP contribution in [0.5, 0.6) is 5.75 Å². The molecule has 1 N–H and O–H groups in total. The number of aromatic nitrogens is 1. The van der Waals surface area contributed by atoms with Gasteiger partial charge in [0.2, 0.25) is 0 Å². The maximum absolute atomic E-state index is 13.5. The summed E-state index contributed by atoms with van der Waals surface area (Å²) in [6, 6.07) is 4.84. The van der Waals surface area contributed by atoms with Gasteiger partial charge in [-0.25, -0.2) is 9.37 Å². The van der Waals surface area contributed by atoms with Gasteiger partial charge in [-0.05, 0) is 32.9 Å². The maximum atomic E-state index is 13.5. The number of hydrogen-bond acceptors (Lipinski definition) is 4. The van der Waals surface area contributed by atoms with E-state index in [1.807, 2.05) is 6.92 Å². The third-order valence-electron chi connectivity index (χ3n) is 3.18. The molecule has 0 spiro atoms. The second-order valence-electron chi connectivity index (χ2n) is 4.99. The normalized spacial score (nSPS) is 12.4. The number of nitrogens with zero attached hydrogens (tertiary/aromatic N) is 1. The molecular formula is C16H21FN2OS. The van der Waals surface area contributed by atoms with E-state index in [4.69, 9.17) is 4.74 Å². The van der Waals surface area contributed by atoms with Crippen LogP contribution < -0.4 is 10.1 Å². The summed E-state index contributed by atoms with van der Waals surface area (Å²) in [6.45, 7) is 7.48. The van der Waals surface area contributed by atoms with Crippen molar-refractivity contribution in [3.8, 4) is 5.75 Å². The Kier molecular flexibility index (Phi) is 5.70. The first-order valence-electron chi connectivity index (χ1n) is 7.17. The summed E-state index contributed by atoms with van der Waals surface area (Å²) in [7, 11) is 0. The minimum Gasteiger partial charge on any atom is -0.488 e. The van der Waals surface area contributed by atoms with Crippen LogP contribution in [0.15, 0.2) is 24.4 Å². The number of aryl methyl sites for hydroxylation is 1. The van der Waals surface area contributed by atoms with Crippen molar-refractivity contribution in [3.63, 3.8) is 0 Å². The zero-order chi connectivity index (χ0) is 15.2. The molecule has 1 unspecified atom stereocenters. The molecule has 0 bridgehead atoms. The van der Waals surface area contributed by atoms with Crippen LogP contribution in [0.4, 0.5) is 4.39 Å². The van der Waals surface area contributed by atoms with Gasteiger partial charge in [0.25, 0.3) is 0 Å². The molecule has 3 nitrogen and oxygen atoms in total. The number of rotatable bonds is 7. The van der Waals surface area contributed by atoms with Crippen LogP contribution in [-0.2, 0) is 6.61 Å². The minimum absolute atomic E-state index is 0.128. The molecule has 2 rings (SSSR count). The molecule has 0 aliphatic carbocycles. The zero-order valence-corrected chi connectivity index (χ0v) is 13.5. The van der Waals surface area contributed by atoms with E-state index in [1.54, 1.807) is 23.6 Å². The van der Waals surface area contributed by atoms with Crippen molar-refractivity contribution in [1.29, 1.82) is 0 Å². The van der Waals surface area contributed by atoms with Crippen molar-refractivity contribution >= 4 is 11.3 Å². The molecule has 0 radical (unpaired) electrons. The van der Waals surface area contributed by atoms with Gasteiger partial charge in [0.15, 0.2) is 0 Å². The monoisotopic (exact) mass is 308 g/mol. The highest BCUT2D eigenvalue weighted by molar-refractivity contribution is 7.11. The van der Waals surface area contributed by atoms with Gasteiger partial charge < -0.3 is 10.1 Å². The lowest BCUT2D eigenvalue weighted by atomic mass is 10.1. The van der Waals surface area contributed by atoms with Crippen molar-refractivity contribution in [1.82, 2.24) is 10.3 Å². The predicted octanol–water partition coefficient (Wildman–Crippen LogP) is 4.23. The maximum Gasteiger partial charge on any atom is 0.127 e. The molecule has 1 heterocycles. The fourth-order valence-electron chi connectivity index (χ4n) is 2.08.